The van der Waals surface area contributed by atoms with Crippen molar-refractivity contribution < 1.29 is 4.79 Å². The van der Waals surface area contributed by atoms with Gasteiger partial charge in [0.1, 0.15) is 0 Å². The average molecular weight is 189 g/mol. The summed E-state index contributed by atoms with van der Waals surface area (Å²) < 4.78 is 0. The van der Waals surface area contributed by atoms with Crippen LogP contribution in [-0.4, -0.2) is 5.91 Å². The fourth-order valence-corrected chi connectivity index (χ4v) is 1.24. The van der Waals surface area contributed by atoms with E-state index >= 15 is 0 Å². The van der Waals surface area contributed by atoms with Crippen LogP contribution in [0.1, 0.15) is 25.5 Å². The molecule has 0 aliphatic carbocycles. The Labute approximate surface area is 84.6 Å². The van der Waals surface area contributed by atoms with E-state index in [1.165, 1.54) is 6.08 Å². The maximum absolute atomic E-state index is 11.2. The third-order valence-corrected chi connectivity index (χ3v) is 1.98. The van der Waals surface area contributed by atoms with Gasteiger partial charge in [-0.1, -0.05) is 36.4 Å². The van der Waals surface area contributed by atoms with Gasteiger partial charge in [-0.3, -0.25) is 4.79 Å². The first kappa shape index (κ1) is 10.5. The molecule has 0 aliphatic heterocycles. The third kappa shape index (κ3) is 3.05. The number of rotatable bonds is 3. The van der Waals surface area contributed by atoms with Crippen LogP contribution >= 0.6 is 0 Å². The topological polar surface area (TPSA) is 29.1 Å². The van der Waals surface area contributed by atoms with E-state index in [4.69, 9.17) is 0 Å². The summed E-state index contributed by atoms with van der Waals surface area (Å²) in [6, 6.07) is 9.95. The number of hydrogen-bond acceptors (Lipinski definition) is 1. The molecule has 1 rings (SSSR count). The molecule has 1 atom stereocenters. The molecule has 0 spiro atoms. The Balaban J connectivity index is 2.59. The van der Waals surface area contributed by atoms with Gasteiger partial charge in [0.05, 0.1) is 6.04 Å². The molecule has 0 aromatic heterocycles. The van der Waals surface area contributed by atoms with Gasteiger partial charge >= 0.3 is 0 Å². The Morgan fingerprint density at radius 2 is 2.00 bits per heavy atom. The van der Waals surface area contributed by atoms with Crippen LogP contribution < -0.4 is 5.32 Å². The van der Waals surface area contributed by atoms with Gasteiger partial charge in [0.25, 0.3) is 0 Å². The zero-order chi connectivity index (χ0) is 10.4. The zero-order valence-electron chi connectivity index (χ0n) is 8.53. The normalized spacial score (nSPS) is 12.7. The minimum atomic E-state index is -0.0520. The van der Waals surface area contributed by atoms with Gasteiger partial charge in [0.15, 0.2) is 0 Å². The molecular weight excluding hydrogens is 174 g/mol. The third-order valence-electron chi connectivity index (χ3n) is 1.98. The lowest BCUT2D eigenvalue weighted by Gasteiger charge is -2.12. The van der Waals surface area contributed by atoms with E-state index in [1.54, 1.807) is 6.08 Å². The predicted molar refractivity (Wildman–Crippen MR) is 57.8 cm³/mol. The van der Waals surface area contributed by atoms with E-state index in [0.29, 0.717) is 0 Å². The smallest absolute Gasteiger partial charge is 0.244 e. The molecule has 0 aliphatic rings. The summed E-state index contributed by atoms with van der Waals surface area (Å²) in [6.45, 7) is 3.80. The van der Waals surface area contributed by atoms with Crippen LogP contribution in [0.5, 0.6) is 0 Å². The number of benzene rings is 1. The number of nitrogens with one attached hydrogen (secondary N) is 1. The molecule has 1 unspecified atom stereocenters. The summed E-state index contributed by atoms with van der Waals surface area (Å²) in [5.41, 5.74) is 1.12. The first-order chi connectivity index (χ1) is 6.74. The van der Waals surface area contributed by atoms with E-state index in [-0.39, 0.29) is 11.9 Å². The summed E-state index contributed by atoms with van der Waals surface area (Å²) in [6.07, 6.45) is 3.26. The number of amides is 1. The van der Waals surface area contributed by atoms with Gasteiger partial charge in [-0.15, -0.1) is 0 Å². The van der Waals surface area contributed by atoms with Crippen LogP contribution in [0.4, 0.5) is 0 Å². The molecule has 14 heavy (non-hydrogen) atoms. The van der Waals surface area contributed by atoms with Crippen LogP contribution in [0.15, 0.2) is 42.5 Å². The molecule has 0 saturated heterocycles. The molecule has 1 aromatic rings. The minimum Gasteiger partial charge on any atom is -0.346 e. The second kappa shape index (κ2) is 5.22. The maximum Gasteiger partial charge on any atom is 0.244 e. The van der Waals surface area contributed by atoms with Crippen molar-refractivity contribution in [2.24, 2.45) is 0 Å². The monoisotopic (exact) mass is 189 g/mol. The fraction of sp³-hybridized carbons (Fsp3) is 0.250. The fourth-order valence-electron chi connectivity index (χ4n) is 1.24. The molecule has 0 bridgehead atoms. The molecule has 1 amide bonds. The first-order valence-electron chi connectivity index (χ1n) is 4.72. The molecule has 2 nitrogen and oxygen atoms in total. The highest BCUT2D eigenvalue weighted by Gasteiger charge is 2.05. The second-order valence-corrected chi connectivity index (χ2v) is 3.14. The van der Waals surface area contributed by atoms with Gasteiger partial charge in [0, 0.05) is 0 Å². The molecule has 0 radical (unpaired) electrons. The van der Waals surface area contributed by atoms with Crippen molar-refractivity contribution in [1.29, 1.82) is 0 Å². The highest BCUT2D eigenvalue weighted by atomic mass is 16.1. The van der Waals surface area contributed by atoms with Crippen molar-refractivity contribution in [3.05, 3.63) is 48.0 Å². The zero-order valence-corrected chi connectivity index (χ0v) is 8.53. The van der Waals surface area contributed by atoms with Crippen molar-refractivity contribution >= 4 is 5.91 Å². The quantitative estimate of drug-likeness (QED) is 0.727. The molecule has 0 fully saturated rings. The van der Waals surface area contributed by atoms with Crippen LogP contribution in [0.3, 0.4) is 0 Å². The number of allylic oxidation sites excluding steroid dienone is 1. The van der Waals surface area contributed by atoms with E-state index in [0.717, 1.165) is 5.56 Å². The SMILES string of the molecule is C/C=C/C(=O)NC(C)c1ccccc1. The molecule has 1 N–H and O–H groups in total. The predicted octanol–water partition coefficient (Wildman–Crippen LogP) is 2.44. The van der Waals surface area contributed by atoms with E-state index in [1.807, 2.05) is 44.2 Å². The Morgan fingerprint density at radius 3 is 2.57 bits per heavy atom. The Bertz CT molecular complexity index is 316. The molecular formula is C12H15NO. The second-order valence-electron chi connectivity index (χ2n) is 3.14. The summed E-state index contributed by atoms with van der Waals surface area (Å²) in [5.74, 6) is -0.0520. The van der Waals surface area contributed by atoms with Crippen LogP contribution in [0, 0.1) is 0 Å². The van der Waals surface area contributed by atoms with Crippen molar-refractivity contribution in [3.63, 3.8) is 0 Å². The van der Waals surface area contributed by atoms with Crippen LogP contribution in [0.25, 0.3) is 0 Å². The van der Waals surface area contributed by atoms with Gasteiger partial charge < -0.3 is 5.32 Å². The number of carbonyl (C=O) groups is 1. The van der Waals surface area contributed by atoms with Crippen LogP contribution in [-0.2, 0) is 4.79 Å². The standard InChI is InChI=1S/C12H15NO/c1-3-7-12(14)13-10(2)11-8-5-4-6-9-11/h3-10H,1-2H3,(H,13,14)/b7-3+. The Kier molecular flexibility index (Phi) is 3.92. The first-order valence-corrected chi connectivity index (χ1v) is 4.72. The summed E-state index contributed by atoms with van der Waals surface area (Å²) >= 11 is 0. The van der Waals surface area contributed by atoms with Crippen molar-refractivity contribution in [3.8, 4) is 0 Å². The molecule has 1 aromatic carbocycles. The number of carbonyl (C=O) groups excluding carboxylic acids is 1. The lowest BCUT2D eigenvalue weighted by atomic mass is 10.1. The summed E-state index contributed by atoms with van der Waals surface area (Å²) in [7, 11) is 0. The van der Waals surface area contributed by atoms with Gasteiger partial charge in [-0.25, -0.2) is 0 Å². The van der Waals surface area contributed by atoms with Crippen LogP contribution in [0.2, 0.25) is 0 Å². The summed E-state index contributed by atoms with van der Waals surface area (Å²) in [4.78, 5) is 11.2. The van der Waals surface area contributed by atoms with Crippen molar-refractivity contribution in [2.45, 2.75) is 19.9 Å². The van der Waals surface area contributed by atoms with E-state index in [2.05, 4.69) is 5.32 Å². The van der Waals surface area contributed by atoms with Gasteiger partial charge in [-0.2, -0.15) is 0 Å². The highest BCUT2D eigenvalue weighted by Crippen LogP contribution is 2.10. The molecule has 2 heteroatoms. The van der Waals surface area contributed by atoms with Crippen molar-refractivity contribution in [1.82, 2.24) is 5.32 Å². The summed E-state index contributed by atoms with van der Waals surface area (Å²) in [5, 5.41) is 2.87. The maximum atomic E-state index is 11.2. The highest BCUT2D eigenvalue weighted by molar-refractivity contribution is 5.87. The van der Waals surface area contributed by atoms with E-state index in [9.17, 15) is 4.79 Å². The Morgan fingerprint density at radius 1 is 1.36 bits per heavy atom. The minimum absolute atomic E-state index is 0.0520. The van der Waals surface area contributed by atoms with Gasteiger partial charge in [0.2, 0.25) is 5.91 Å². The van der Waals surface area contributed by atoms with Gasteiger partial charge in [-0.05, 0) is 25.5 Å². The largest absolute Gasteiger partial charge is 0.346 e. The lowest BCUT2D eigenvalue weighted by Crippen LogP contribution is -2.24. The average Bonchev–Trinajstić information content (AvgIpc) is 2.19. The Hall–Kier alpha value is -1.57. The molecule has 0 saturated carbocycles. The number of hydrogen-bond donors (Lipinski definition) is 1. The molecule has 0 heterocycles. The van der Waals surface area contributed by atoms with Crippen molar-refractivity contribution in [2.75, 3.05) is 0 Å². The lowest BCUT2D eigenvalue weighted by molar-refractivity contribution is -0.117. The van der Waals surface area contributed by atoms with E-state index < -0.39 is 0 Å². The molecule has 74 valence electrons.